The van der Waals surface area contributed by atoms with Gasteiger partial charge in [0.2, 0.25) is 5.91 Å². The van der Waals surface area contributed by atoms with Gasteiger partial charge in [-0.1, -0.05) is 23.9 Å². The third-order valence-electron chi connectivity index (χ3n) is 4.28. The Bertz CT molecular complexity index is 1030. The Hall–Kier alpha value is -2.95. The molecule has 11 heteroatoms. The van der Waals surface area contributed by atoms with Crippen LogP contribution < -0.4 is 10.6 Å². The van der Waals surface area contributed by atoms with Crippen molar-refractivity contribution in [2.45, 2.75) is 24.4 Å². The summed E-state index contributed by atoms with van der Waals surface area (Å²) in [6.45, 7) is -0.359. The van der Waals surface area contributed by atoms with Crippen molar-refractivity contribution in [3.05, 3.63) is 70.3 Å². The highest BCUT2D eigenvalue weighted by Crippen LogP contribution is 2.30. The van der Waals surface area contributed by atoms with Crippen LogP contribution >= 0.6 is 11.8 Å². The minimum Gasteiger partial charge on any atom is -0.348 e. The van der Waals surface area contributed by atoms with Crippen molar-refractivity contribution in [2.75, 3.05) is 0 Å². The van der Waals surface area contributed by atoms with Crippen LogP contribution in [-0.4, -0.2) is 22.3 Å². The van der Waals surface area contributed by atoms with E-state index in [9.17, 15) is 36.3 Å². The van der Waals surface area contributed by atoms with Crippen LogP contribution in [0.1, 0.15) is 27.0 Å². The van der Waals surface area contributed by atoms with Gasteiger partial charge in [0.05, 0.1) is 16.4 Å². The first-order valence-electron chi connectivity index (χ1n) is 8.48. The molecule has 2 N–H and O–H groups in total. The summed E-state index contributed by atoms with van der Waals surface area (Å²) in [6.07, 6.45) is -4.60. The quantitative estimate of drug-likeness (QED) is 0.688. The Labute approximate surface area is 171 Å². The van der Waals surface area contributed by atoms with Crippen LogP contribution in [0.5, 0.6) is 0 Å². The lowest BCUT2D eigenvalue weighted by molar-refractivity contribution is -0.137. The van der Waals surface area contributed by atoms with E-state index in [0.717, 1.165) is 17.8 Å². The molecule has 0 aromatic heterocycles. The molecule has 5 nitrogen and oxygen atoms in total. The van der Waals surface area contributed by atoms with Gasteiger partial charge in [-0.15, -0.1) is 0 Å². The summed E-state index contributed by atoms with van der Waals surface area (Å²) in [5.41, 5.74) is -1.29. The Morgan fingerprint density at radius 2 is 1.80 bits per heavy atom. The number of benzene rings is 2. The molecule has 2 aromatic carbocycles. The third kappa shape index (κ3) is 4.96. The van der Waals surface area contributed by atoms with Crippen molar-refractivity contribution >= 4 is 28.8 Å². The van der Waals surface area contributed by atoms with Gasteiger partial charge in [0, 0.05) is 12.1 Å². The minimum atomic E-state index is -4.75. The Morgan fingerprint density at radius 3 is 2.40 bits per heavy atom. The highest BCUT2D eigenvalue weighted by atomic mass is 32.2. The summed E-state index contributed by atoms with van der Waals surface area (Å²) in [7, 11) is 0. The Kier molecular flexibility index (Phi) is 6.11. The summed E-state index contributed by atoms with van der Waals surface area (Å²) < 4.78 is 65.7. The van der Waals surface area contributed by atoms with E-state index in [2.05, 4.69) is 10.6 Å². The highest BCUT2D eigenvalue weighted by Gasteiger charge is 2.32. The summed E-state index contributed by atoms with van der Waals surface area (Å²) in [6, 6.07) is 5.41. The molecule has 0 bridgehead atoms. The van der Waals surface area contributed by atoms with E-state index in [1.165, 1.54) is 12.1 Å². The van der Waals surface area contributed by atoms with E-state index in [4.69, 9.17) is 0 Å². The van der Waals surface area contributed by atoms with Gasteiger partial charge in [-0.05, 0) is 36.2 Å². The van der Waals surface area contributed by atoms with Gasteiger partial charge >= 0.3 is 6.18 Å². The van der Waals surface area contributed by atoms with E-state index < -0.39 is 51.2 Å². The molecule has 1 fully saturated rings. The molecule has 158 valence electrons. The standard InChI is InChI=1S/C19H13F5N2O3S/c20-13-4-1-9(6-15-17(28)26-18(29)30-15)5-10(13)8-25-16(27)12-3-2-11(7-14(12)21)19(22,23)24/h1-5,7,15H,6,8H2,(H,25,27)(H,26,28,29). The zero-order valence-electron chi connectivity index (χ0n) is 15.0. The third-order valence-corrected chi connectivity index (χ3v) is 5.26. The fourth-order valence-corrected chi connectivity index (χ4v) is 3.64. The molecule has 0 radical (unpaired) electrons. The number of amides is 3. The van der Waals surface area contributed by atoms with E-state index >= 15 is 0 Å². The van der Waals surface area contributed by atoms with E-state index in [1.54, 1.807) is 0 Å². The fourth-order valence-electron chi connectivity index (χ4n) is 2.78. The predicted octanol–water partition coefficient (Wildman–Crippen LogP) is 3.81. The SMILES string of the molecule is O=C1NC(=O)C(Cc2ccc(F)c(CNC(=O)c3ccc(C(F)(F)F)cc3F)c2)S1. The van der Waals surface area contributed by atoms with Crippen LogP contribution in [0.15, 0.2) is 36.4 Å². The molecule has 3 amide bonds. The largest absolute Gasteiger partial charge is 0.416 e. The minimum absolute atomic E-state index is 0.0305. The van der Waals surface area contributed by atoms with Crippen LogP contribution in [0.25, 0.3) is 0 Å². The van der Waals surface area contributed by atoms with E-state index in [-0.39, 0.29) is 24.6 Å². The van der Waals surface area contributed by atoms with Crippen molar-refractivity contribution in [3.63, 3.8) is 0 Å². The summed E-state index contributed by atoms with van der Waals surface area (Å²) in [4.78, 5) is 35.0. The van der Waals surface area contributed by atoms with Crippen LogP contribution in [-0.2, 0) is 23.9 Å². The molecule has 1 heterocycles. The lowest BCUT2D eigenvalue weighted by Crippen LogP contribution is -2.26. The lowest BCUT2D eigenvalue weighted by atomic mass is 10.0. The molecule has 1 saturated heterocycles. The Balaban J connectivity index is 1.69. The molecule has 1 aliphatic rings. The number of alkyl halides is 3. The molecule has 0 aliphatic carbocycles. The molecule has 0 spiro atoms. The zero-order valence-corrected chi connectivity index (χ0v) is 15.8. The average molecular weight is 444 g/mol. The van der Waals surface area contributed by atoms with E-state index in [1.807, 2.05) is 0 Å². The van der Waals surface area contributed by atoms with Crippen molar-refractivity contribution in [3.8, 4) is 0 Å². The predicted molar refractivity (Wildman–Crippen MR) is 97.6 cm³/mol. The highest BCUT2D eigenvalue weighted by molar-refractivity contribution is 8.15. The summed E-state index contributed by atoms with van der Waals surface area (Å²) in [5.74, 6) is -3.50. The first-order valence-corrected chi connectivity index (χ1v) is 9.36. The number of halogens is 5. The lowest BCUT2D eigenvalue weighted by Gasteiger charge is -2.11. The normalized spacial score (nSPS) is 16.5. The average Bonchev–Trinajstić information content (AvgIpc) is 2.98. The van der Waals surface area contributed by atoms with Gasteiger partial charge in [-0.3, -0.25) is 19.7 Å². The van der Waals surface area contributed by atoms with Gasteiger partial charge in [0.1, 0.15) is 11.6 Å². The van der Waals surface area contributed by atoms with Crippen molar-refractivity contribution < 1.29 is 36.3 Å². The van der Waals surface area contributed by atoms with Crippen LogP contribution in [0.3, 0.4) is 0 Å². The fraction of sp³-hybridized carbons (Fsp3) is 0.211. The monoisotopic (exact) mass is 444 g/mol. The van der Waals surface area contributed by atoms with Crippen LogP contribution in [0, 0.1) is 11.6 Å². The maximum Gasteiger partial charge on any atom is 0.416 e. The molecule has 0 saturated carbocycles. The van der Waals surface area contributed by atoms with Gasteiger partial charge in [0.15, 0.2) is 0 Å². The number of nitrogens with one attached hydrogen (secondary N) is 2. The van der Waals surface area contributed by atoms with Crippen molar-refractivity contribution in [2.24, 2.45) is 0 Å². The van der Waals surface area contributed by atoms with Crippen LogP contribution in [0.2, 0.25) is 0 Å². The number of rotatable bonds is 5. The second-order valence-electron chi connectivity index (χ2n) is 6.39. The van der Waals surface area contributed by atoms with Gasteiger partial charge < -0.3 is 5.32 Å². The van der Waals surface area contributed by atoms with Gasteiger partial charge in [0.25, 0.3) is 11.1 Å². The summed E-state index contributed by atoms with van der Waals surface area (Å²) in [5, 5.41) is 3.26. The zero-order chi connectivity index (χ0) is 22.1. The smallest absolute Gasteiger partial charge is 0.348 e. The maximum atomic E-state index is 14.0. The van der Waals surface area contributed by atoms with Gasteiger partial charge in [-0.25, -0.2) is 8.78 Å². The van der Waals surface area contributed by atoms with Gasteiger partial charge in [-0.2, -0.15) is 13.2 Å². The van der Waals surface area contributed by atoms with Crippen molar-refractivity contribution in [1.29, 1.82) is 0 Å². The molecule has 1 atom stereocenters. The molecule has 2 aromatic rings. The number of hydrogen-bond donors (Lipinski definition) is 2. The Morgan fingerprint density at radius 1 is 1.07 bits per heavy atom. The molecular weight excluding hydrogens is 431 g/mol. The number of thioether (sulfide) groups is 1. The summed E-state index contributed by atoms with van der Waals surface area (Å²) >= 11 is 0.814. The molecule has 3 rings (SSSR count). The van der Waals surface area contributed by atoms with E-state index in [0.29, 0.717) is 17.7 Å². The first-order chi connectivity index (χ1) is 14.0. The molecule has 1 aliphatic heterocycles. The first kappa shape index (κ1) is 21.8. The number of imide groups is 1. The topological polar surface area (TPSA) is 75.3 Å². The second-order valence-corrected chi connectivity index (χ2v) is 7.56. The molecular formula is C19H13F5N2O3S. The maximum absolute atomic E-state index is 14.0. The molecule has 1 unspecified atom stereocenters. The number of carbonyl (C=O) groups is 3. The number of carbonyl (C=O) groups excluding carboxylic acids is 3. The van der Waals surface area contributed by atoms with Crippen molar-refractivity contribution in [1.82, 2.24) is 10.6 Å². The molecule has 30 heavy (non-hydrogen) atoms. The number of hydrogen-bond acceptors (Lipinski definition) is 4. The second kappa shape index (κ2) is 8.42. The van der Waals surface area contributed by atoms with Crippen LogP contribution in [0.4, 0.5) is 26.7 Å².